The van der Waals surface area contributed by atoms with E-state index in [0.717, 1.165) is 6.26 Å². The van der Waals surface area contributed by atoms with Crippen LogP contribution in [0.3, 0.4) is 0 Å². The van der Waals surface area contributed by atoms with E-state index in [9.17, 15) is 23.3 Å². The fraction of sp³-hybridized carbons (Fsp3) is 0.312. The predicted molar refractivity (Wildman–Crippen MR) is 91.2 cm³/mol. The Balaban J connectivity index is 2.88. The normalized spacial score (nSPS) is 18.0. The van der Waals surface area contributed by atoms with E-state index in [2.05, 4.69) is 5.32 Å². The first-order valence-electron chi connectivity index (χ1n) is 7.29. The number of sulfone groups is 1. The molecular weight excluding hydrogens is 348 g/mol. The molecule has 1 aliphatic heterocycles. The number of rotatable bonds is 4. The summed E-state index contributed by atoms with van der Waals surface area (Å²) < 4.78 is 29.5. The molecule has 134 valence electrons. The zero-order valence-corrected chi connectivity index (χ0v) is 15.0. The summed E-state index contributed by atoms with van der Waals surface area (Å²) in [6.07, 6.45) is 1.00. The number of esters is 1. The number of hydrogen-bond acceptors (Lipinski definition) is 7. The molecule has 0 bridgehead atoms. The fourth-order valence-corrected chi connectivity index (χ4v) is 4.32. The van der Waals surface area contributed by atoms with Gasteiger partial charge in [0.25, 0.3) is 5.69 Å². The van der Waals surface area contributed by atoms with Gasteiger partial charge in [-0.15, -0.1) is 0 Å². The van der Waals surface area contributed by atoms with E-state index in [1.54, 1.807) is 19.9 Å². The molecule has 0 radical (unpaired) electrons. The third kappa shape index (κ3) is 3.41. The number of carbonyl (C=O) groups excluding carboxylic acids is 1. The molecule has 1 heterocycles. The Morgan fingerprint density at radius 2 is 1.84 bits per heavy atom. The average Bonchev–Trinajstić information content (AvgIpc) is 2.52. The van der Waals surface area contributed by atoms with Gasteiger partial charge >= 0.3 is 5.97 Å². The van der Waals surface area contributed by atoms with E-state index in [4.69, 9.17) is 4.74 Å². The first-order chi connectivity index (χ1) is 11.6. The molecule has 1 aromatic carbocycles. The van der Waals surface area contributed by atoms with Crippen LogP contribution in [-0.4, -0.2) is 32.7 Å². The summed E-state index contributed by atoms with van der Waals surface area (Å²) in [5, 5.41) is 14.3. The maximum Gasteiger partial charge on any atom is 0.336 e. The van der Waals surface area contributed by atoms with Gasteiger partial charge in [-0.3, -0.25) is 10.1 Å². The summed E-state index contributed by atoms with van der Waals surface area (Å²) in [5.41, 5.74) is 0.588. The van der Waals surface area contributed by atoms with Crippen LogP contribution in [0.15, 0.2) is 46.1 Å². The van der Waals surface area contributed by atoms with Crippen molar-refractivity contribution in [3.63, 3.8) is 0 Å². The van der Waals surface area contributed by atoms with Crippen molar-refractivity contribution in [2.75, 3.05) is 13.4 Å². The van der Waals surface area contributed by atoms with Gasteiger partial charge in [-0.1, -0.05) is 18.2 Å². The number of methoxy groups -OCH3 is 1. The van der Waals surface area contributed by atoms with Crippen molar-refractivity contribution in [1.29, 1.82) is 0 Å². The van der Waals surface area contributed by atoms with Crippen LogP contribution in [-0.2, 0) is 19.4 Å². The van der Waals surface area contributed by atoms with Crippen LogP contribution in [0.25, 0.3) is 0 Å². The SMILES string of the molecule is COC(=O)C1=C(C)NC(C)=C(S(C)(=O)=O)C1c1ccccc1[N+](=O)[O-]. The van der Waals surface area contributed by atoms with E-state index >= 15 is 0 Å². The third-order valence-electron chi connectivity index (χ3n) is 3.95. The lowest BCUT2D eigenvalue weighted by Gasteiger charge is -2.30. The topological polar surface area (TPSA) is 116 Å². The Kier molecular flexibility index (Phi) is 4.98. The van der Waals surface area contributed by atoms with E-state index in [1.807, 2.05) is 0 Å². The highest BCUT2D eigenvalue weighted by Gasteiger charge is 2.40. The minimum atomic E-state index is -3.76. The van der Waals surface area contributed by atoms with Gasteiger partial charge in [0.1, 0.15) is 0 Å². The second kappa shape index (κ2) is 6.67. The number of benzene rings is 1. The summed E-state index contributed by atoms with van der Waals surface area (Å²) in [6, 6.07) is 5.76. The molecule has 2 rings (SSSR count). The Hall–Kier alpha value is -2.68. The van der Waals surface area contributed by atoms with Crippen LogP contribution in [0.4, 0.5) is 5.69 Å². The third-order valence-corrected chi connectivity index (χ3v) is 5.29. The van der Waals surface area contributed by atoms with Gasteiger partial charge in [-0.05, 0) is 13.8 Å². The van der Waals surface area contributed by atoms with Gasteiger partial charge in [-0.25, -0.2) is 13.2 Å². The summed E-state index contributed by atoms with van der Waals surface area (Å²) >= 11 is 0. The number of carbonyl (C=O) groups is 1. The molecule has 0 amide bonds. The van der Waals surface area contributed by atoms with Gasteiger partial charge in [0.2, 0.25) is 0 Å². The minimum Gasteiger partial charge on any atom is -0.466 e. The zero-order valence-electron chi connectivity index (χ0n) is 14.2. The monoisotopic (exact) mass is 366 g/mol. The molecule has 1 aliphatic rings. The van der Waals surface area contributed by atoms with Crippen LogP contribution in [0, 0.1) is 10.1 Å². The summed E-state index contributed by atoms with van der Waals surface area (Å²) in [4.78, 5) is 23.0. The molecule has 1 aromatic rings. The van der Waals surface area contributed by atoms with E-state index in [-0.39, 0.29) is 21.7 Å². The van der Waals surface area contributed by atoms with Crippen LogP contribution < -0.4 is 5.32 Å². The lowest BCUT2D eigenvalue weighted by molar-refractivity contribution is -0.385. The Morgan fingerprint density at radius 1 is 1.24 bits per heavy atom. The quantitative estimate of drug-likeness (QED) is 0.492. The smallest absolute Gasteiger partial charge is 0.336 e. The van der Waals surface area contributed by atoms with Crippen molar-refractivity contribution < 1.29 is 22.9 Å². The number of nitrogens with zero attached hydrogens (tertiary/aromatic N) is 1. The number of nitrogens with one attached hydrogen (secondary N) is 1. The number of hydrogen-bond donors (Lipinski definition) is 1. The molecule has 1 N–H and O–H groups in total. The van der Waals surface area contributed by atoms with Gasteiger partial charge in [-0.2, -0.15) is 0 Å². The van der Waals surface area contributed by atoms with Crippen molar-refractivity contribution in [3.8, 4) is 0 Å². The number of allylic oxidation sites excluding steroid dienone is 3. The maximum absolute atomic E-state index is 12.4. The first kappa shape index (κ1) is 18.7. The van der Waals surface area contributed by atoms with Crippen LogP contribution in [0.1, 0.15) is 25.3 Å². The van der Waals surface area contributed by atoms with Crippen molar-refractivity contribution in [2.24, 2.45) is 0 Å². The molecule has 0 spiro atoms. The summed E-state index contributed by atoms with van der Waals surface area (Å²) in [7, 11) is -2.59. The van der Waals surface area contributed by atoms with E-state index in [1.165, 1.54) is 25.3 Å². The van der Waals surface area contributed by atoms with E-state index in [0.29, 0.717) is 11.4 Å². The molecular formula is C16H18N2O6S. The summed E-state index contributed by atoms with van der Waals surface area (Å²) in [6.45, 7) is 3.15. The van der Waals surface area contributed by atoms with Gasteiger partial charge in [0.05, 0.1) is 28.4 Å². The first-order valence-corrected chi connectivity index (χ1v) is 9.19. The van der Waals surface area contributed by atoms with Crippen LogP contribution in [0.2, 0.25) is 0 Å². The standard InChI is InChI=1S/C16H18N2O6S/c1-9-13(16(19)24-3)14(15(10(2)17-9)25(4,22)23)11-7-5-6-8-12(11)18(20)21/h5-8,14,17H,1-4H3. The minimum absolute atomic E-state index is 0.0304. The lowest BCUT2D eigenvalue weighted by atomic mass is 9.85. The van der Waals surface area contributed by atoms with Gasteiger partial charge < -0.3 is 10.1 Å². The second-order valence-corrected chi connectivity index (χ2v) is 7.65. The molecule has 8 nitrogen and oxygen atoms in total. The number of ether oxygens (including phenoxy) is 1. The maximum atomic E-state index is 12.4. The number of nitro benzene ring substituents is 1. The van der Waals surface area contributed by atoms with Crippen molar-refractivity contribution in [2.45, 2.75) is 19.8 Å². The number of dihydropyridines is 1. The lowest BCUT2D eigenvalue weighted by Crippen LogP contribution is -2.31. The summed E-state index contributed by atoms with van der Waals surface area (Å²) in [5.74, 6) is -1.87. The molecule has 0 aliphatic carbocycles. The Labute approximate surface area is 145 Å². The van der Waals surface area contributed by atoms with Crippen molar-refractivity contribution in [1.82, 2.24) is 5.32 Å². The molecule has 0 saturated heterocycles. The Morgan fingerprint density at radius 3 is 2.36 bits per heavy atom. The van der Waals surface area contributed by atoms with Gasteiger partial charge in [0.15, 0.2) is 9.84 Å². The highest BCUT2D eigenvalue weighted by molar-refractivity contribution is 7.94. The predicted octanol–water partition coefficient (Wildman–Crippen LogP) is 2.00. The van der Waals surface area contributed by atoms with Gasteiger partial charge in [0, 0.05) is 29.3 Å². The van der Waals surface area contributed by atoms with Crippen molar-refractivity contribution >= 4 is 21.5 Å². The molecule has 1 unspecified atom stereocenters. The molecule has 0 saturated carbocycles. The fourth-order valence-electron chi connectivity index (χ4n) is 3.04. The number of nitro groups is 1. The second-order valence-electron chi connectivity index (χ2n) is 5.67. The molecule has 25 heavy (non-hydrogen) atoms. The highest BCUT2D eigenvalue weighted by atomic mass is 32.2. The van der Waals surface area contributed by atoms with Crippen molar-refractivity contribution in [3.05, 3.63) is 61.8 Å². The average molecular weight is 366 g/mol. The van der Waals surface area contributed by atoms with E-state index < -0.39 is 26.6 Å². The number of para-hydroxylation sites is 1. The van der Waals surface area contributed by atoms with Crippen LogP contribution in [0.5, 0.6) is 0 Å². The molecule has 0 fully saturated rings. The molecule has 9 heteroatoms. The highest BCUT2D eigenvalue weighted by Crippen LogP contribution is 2.43. The molecule has 0 aromatic heterocycles. The van der Waals surface area contributed by atoms with Crippen LogP contribution >= 0.6 is 0 Å². The Bertz CT molecular complexity index is 914. The molecule has 1 atom stereocenters. The largest absolute Gasteiger partial charge is 0.466 e. The zero-order chi connectivity index (χ0) is 18.9.